The zero-order valence-electron chi connectivity index (χ0n) is 15.3. The highest BCUT2D eigenvalue weighted by molar-refractivity contribution is 7.10. The number of hydrogen-bond donors (Lipinski definition) is 0. The van der Waals surface area contributed by atoms with Crippen molar-refractivity contribution in [2.24, 2.45) is 0 Å². The summed E-state index contributed by atoms with van der Waals surface area (Å²) in [6.45, 7) is 17.5. The Morgan fingerprint density at radius 3 is 1.83 bits per heavy atom. The highest BCUT2D eigenvalue weighted by Gasteiger charge is 2.14. The van der Waals surface area contributed by atoms with Crippen LogP contribution in [-0.4, -0.2) is 4.98 Å². The molecule has 3 heteroatoms. The van der Waals surface area contributed by atoms with Gasteiger partial charge in [0.25, 0.3) is 0 Å². The number of rotatable bonds is 4. The Labute approximate surface area is 147 Å². The first-order valence-electron chi connectivity index (χ1n) is 8.26. The van der Waals surface area contributed by atoms with E-state index in [0.29, 0.717) is 23.7 Å². The molecule has 0 aliphatic rings. The van der Waals surface area contributed by atoms with E-state index in [-0.39, 0.29) is 7.43 Å². The van der Waals surface area contributed by atoms with E-state index in [9.17, 15) is 0 Å². The number of oxazole rings is 1. The Morgan fingerprint density at radius 1 is 0.870 bits per heavy atom. The molecule has 0 aliphatic heterocycles. The molecule has 23 heavy (non-hydrogen) atoms. The van der Waals surface area contributed by atoms with Crippen molar-refractivity contribution in [1.82, 2.24) is 4.98 Å². The summed E-state index contributed by atoms with van der Waals surface area (Å²) in [7, 11) is 0. The van der Waals surface area contributed by atoms with Crippen LogP contribution >= 0.6 is 11.3 Å². The van der Waals surface area contributed by atoms with Gasteiger partial charge >= 0.3 is 0 Å². The van der Waals surface area contributed by atoms with E-state index in [4.69, 9.17) is 4.42 Å². The Morgan fingerprint density at radius 2 is 1.48 bits per heavy atom. The smallest absolute Gasteiger partial charge is 0.181 e. The highest BCUT2D eigenvalue weighted by Crippen LogP contribution is 2.30. The predicted molar refractivity (Wildman–Crippen MR) is 104 cm³/mol. The van der Waals surface area contributed by atoms with Crippen molar-refractivity contribution in [2.45, 2.75) is 86.5 Å². The van der Waals surface area contributed by atoms with E-state index in [2.05, 4.69) is 71.8 Å². The summed E-state index contributed by atoms with van der Waals surface area (Å²) in [4.78, 5) is 5.73. The summed E-state index contributed by atoms with van der Waals surface area (Å²) in [5.41, 5.74) is 2.63. The third kappa shape index (κ3) is 6.14. The van der Waals surface area contributed by atoms with Gasteiger partial charge in [0.05, 0.1) is 5.69 Å². The first-order valence-corrected chi connectivity index (χ1v) is 9.14. The van der Waals surface area contributed by atoms with Gasteiger partial charge in [-0.2, -0.15) is 0 Å². The van der Waals surface area contributed by atoms with Crippen LogP contribution in [-0.2, 0) is 0 Å². The van der Waals surface area contributed by atoms with Crippen LogP contribution in [0, 0.1) is 0 Å². The maximum absolute atomic E-state index is 5.28. The van der Waals surface area contributed by atoms with Gasteiger partial charge in [-0.1, -0.05) is 62.8 Å². The second-order valence-corrected chi connectivity index (χ2v) is 7.91. The molecule has 0 spiro atoms. The maximum atomic E-state index is 5.28. The van der Waals surface area contributed by atoms with Crippen molar-refractivity contribution in [3.05, 3.63) is 39.7 Å². The Hall–Kier alpha value is -1.09. The lowest BCUT2D eigenvalue weighted by atomic mass is 9.99. The van der Waals surface area contributed by atoms with Gasteiger partial charge in [-0.3, -0.25) is 0 Å². The van der Waals surface area contributed by atoms with Crippen LogP contribution in [0.1, 0.15) is 108 Å². The predicted octanol–water partition coefficient (Wildman–Crippen LogP) is 7.55. The maximum Gasteiger partial charge on any atom is 0.181 e. The largest absolute Gasteiger partial charge is 0.448 e. The number of hydrogen-bond acceptors (Lipinski definition) is 3. The Kier molecular flexibility index (Phi) is 9.45. The second-order valence-electron chi connectivity index (χ2n) is 6.96. The molecule has 0 aliphatic carbocycles. The van der Waals surface area contributed by atoms with Crippen LogP contribution in [0.3, 0.4) is 0 Å². The molecule has 0 amide bonds. The second kappa shape index (κ2) is 9.92. The normalized spacial score (nSPS) is 11.0. The summed E-state index contributed by atoms with van der Waals surface area (Å²) < 4.78 is 5.28. The minimum Gasteiger partial charge on any atom is -0.448 e. The summed E-state index contributed by atoms with van der Waals surface area (Å²) in [6, 6.07) is 2.25. The van der Waals surface area contributed by atoms with Gasteiger partial charge in [-0.25, -0.2) is 4.98 Å². The fourth-order valence-corrected chi connectivity index (χ4v) is 3.48. The highest BCUT2D eigenvalue weighted by atomic mass is 32.1. The first kappa shape index (κ1) is 21.9. The molecule has 2 aromatic heterocycles. The molecule has 0 radical (unpaired) electrons. The average Bonchev–Trinajstić information content (AvgIpc) is 3.08. The summed E-state index contributed by atoms with van der Waals surface area (Å²) in [6.07, 6.45) is 1.53. The molecule has 0 bridgehead atoms. The molecule has 0 atom stereocenters. The van der Waals surface area contributed by atoms with Crippen LogP contribution < -0.4 is 0 Å². The van der Waals surface area contributed by atoms with Gasteiger partial charge in [0.1, 0.15) is 5.76 Å². The molecule has 2 nitrogen and oxygen atoms in total. The monoisotopic (exact) mass is 337 g/mol. The SMILES string of the molecule is C.CC(C)c1ccsc1C(C)C.CC(C)c1ncoc1C(C)C. The van der Waals surface area contributed by atoms with Crippen molar-refractivity contribution in [1.29, 1.82) is 0 Å². The quantitative estimate of drug-likeness (QED) is 0.575. The topological polar surface area (TPSA) is 26.0 Å². The lowest BCUT2D eigenvalue weighted by Gasteiger charge is -2.08. The van der Waals surface area contributed by atoms with Crippen LogP contribution in [0.15, 0.2) is 22.3 Å². The Balaban J connectivity index is 0.000000403. The third-order valence-corrected chi connectivity index (χ3v) is 4.80. The molecule has 0 fully saturated rings. The molecular weight excluding hydrogens is 302 g/mol. The van der Waals surface area contributed by atoms with Crippen LogP contribution in [0.2, 0.25) is 0 Å². The van der Waals surface area contributed by atoms with Crippen LogP contribution in [0.25, 0.3) is 0 Å². The molecule has 0 saturated carbocycles. The van der Waals surface area contributed by atoms with Crippen molar-refractivity contribution >= 4 is 11.3 Å². The third-order valence-electron chi connectivity index (χ3n) is 3.57. The molecule has 2 aromatic rings. The van der Waals surface area contributed by atoms with Crippen LogP contribution in [0.5, 0.6) is 0 Å². The number of thiophene rings is 1. The van der Waals surface area contributed by atoms with Gasteiger partial charge in [-0.15, -0.1) is 11.3 Å². The molecule has 2 heterocycles. The van der Waals surface area contributed by atoms with Crippen molar-refractivity contribution < 1.29 is 4.42 Å². The molecule has 2 rings (SSSR count). The van der Waals surface area contributed by atoms with E-state index in [1.54, 1.807) is 4.88 Å². The number of aromatic nitrogens is 1. The zero-order chi connectivity index (χ0) is 16.9. The Bertz CT molecular complexity index is 454. The molecular formula is C20H35NOS. The zero-order valence-corrected chi connectivity index (χ0v) is 16.1. The van der Waals surface area contributed by atoms with E-state index < -0.39 is 0 Å². The van der Waals surface area contributed by atoms with Crippen molar-refractivity contribution in [3.8, 4) is 0 Å². The van der Waals surface area contributed by atoms with E-state index in [1.807, 2.05) is 11.3 Å². The standard InChI is InChI=1S/C10H16S.C9H15NO.CH4/c1-7(2)9-5-6-11-10(9)8(3)4;1-6(2)8-9(7(3)4)11-5-10-8;/h5-8H,1-4H3;5-7H,1-4H3;1H4. The van der Waals surface area contributed by atoms with Gasteiger partial charge < -0.3 is 4.42 Å². The lowest BCUT2D eigenvalue weighted by molar-refractivity contribution is 0.476. The molecule has 0 N–H and O–H groups in total. The molecule has 0 unspecified atom stereocenters. The first-order chi connectivity index (χ1) is 10.3. The molecule has 0 saturated heterocycles. The number of nitrogens with zero attached hydrogens (tertiary/aromatic N) is 1. The molecule has 132 valence electrons. The van der Waals surface area contributed by atoms with Crippen LogP contribution in [0.4, 0.5) is 0 Å². The summed E-state index contributed by atoms with van der Waals surface area (Å²) >= 11 is 1.89. The summed E-state index contributed by atoms with van der Waals surface area (Å²) in [5.74, 6) is 3.30. The van der Waals surface area contributed by atoms with Crippen molar-refractivity contribution in [2.75, 3.05) is 0 Å². The lowest BCUT2D eigenvalue weighted by Crippen LogP contribution is -1.95. The van der Waals surface area contributed by atoms with E-state index in [0.717, 1.165) is 11.5 Å². The van der Waals surface area contributed by atoms with Gasteiger partial charge in [0.2, 0.25) is 0 Å². The minimum absolute atomic E-state index is 0. The minimum atomic E-state index is 0. The fraction of sp³-hybridized carbons (Fsp3) is 0.650. The van der Waals surface area contributed by atoms with Gasteiger partial charge in [-0.05, 0) is 34.8 Å². The van der Waals surface area contributed by atoms with Crippen molar-refractivity contribution in [3.63, 3.8) is 0 Å². The van der Waals surface area contributed by atoms with Gasteiger partial charge in [0, 0.05) is 10.8 Å². The van der Waals surface area contributed by atoms with E-state index >= 15 is 0 Å². The fourth-order valence-electron chi connectivity index (χ4n) is 2.41. The molecule has 0 aromatic carbocycles. The van der Waals surface area contributed by atoms with E-state index in [1.165, 1.54) is 12.0 Å². The van der Waals surface area contributed by atoms with Gasteiger partial charge in [0.15, 0.2) is 6.39 Å². The average molecular weight is 338 g/mol. The summed E-state index contributed by atoms with van der Waals surface area (Å²) in [5, 5.41) is 2.20.